The van der Waals surface area contributed by atoms with Crippen LogP contribution in [0.2, 0.25) is 0 Å². The molecule has 2 N–H and O–H groups in total. The van der Waals surface area contributed by atoms with Crippen molar-refractivity contribution < 1.29 is 17.9 Å². The van der Waals surface area contributed by atoms with Gasteiger partial charge in [0.1, 0.15) is 5.75 Å². The molecule has 16 heavy (non-hydrogen) atoms. The van der Waals surface area contributed by atoms with E-state index < -0.39 is 11.7 Å². The van der Waals surface area contributed by atoms with Crippen molar-refractivity contribution >= 4 is 17.2 Å². The Balaban J connectivity index is 3.22. The van der Waals surface area contributed by atoms with E-state index in [4.69, 9.17) is 10.5 Å². The van der Waals surface area contributed by atoms with E-state index in [1.165, 1.54) is 19.2 Å². The van der Waals surface area contributed by atoms with Gasteiger partial charge in [0.05, 0.1) is 17.7 Å². The normalized spacial score (nSPS) is 11.2. The zero-order chi connectivity index (χ0) is 12.3. The molecule has 2 nitrogen and oxygen atoms in total. The summed E-state index contributed by atoms with van der Waals surface area (Å²) in [4.78, 5) is 0.0238. The van der Waals surface area contributed by atoms with Gasteiger partial charge in [-0.1, -0.05) is 18.3 Å². The molecular formula is C10H10F3NOS. The van der Waals surface area contributed by atoms with Gasteiger partial charge in [0.15, 0.2) is 0 Å². The number of alkyl halides is 3. The summed E-state index contributed by atoms with van der Waals surface area (Å²) in [5.74, 6) is 0.152. The largest absolute Gasteiger partial charge is 0.497 e. The van der Waals surface area contributed by atoms with Crippen LogP contribution in [0.25, 0.3) is 0 Å². The lowest BCUT2D eigenvalue weighted by Crippen LogP contribution is -2.16. The molecule has 0 spiro atoms. The van der Waals surface area contributed by atoms with E-state index in [-0.39, 0.29) is 22.7 Å². The van der Waals surface area contributed by atoms with Crippen LogP contribution in [0, 0.1) is 0 Å². The molecule has 0 saturated heterocycles. The number of ether oxygens (including phenoxy) is 1. The molecule has 0 aliphatic rings. The van der Waals surface area contributed by atoms with Crippen LogP contribution >= 0.6 is 12.2 Å². The highest BCUT2D eigenvalue weighted by atomic mass is 32.1. The summed E-state index contributed by atoms with van der Waals surface area (Å²) in [6, 6.07) is 3.71. The second kappa shape index (κ2) is 4.69. The number of thiocarbonyl (C=S) groups is 1. The van der Waals surface area contributed by atoms with Gasteiger partial charge in [0.2, 0.25) is 0 Å². The van der Waals surface area contributed by atoms with Crippen LogP contribution in [0.5, 0.6) is 5.75 Å². The van der Waals surface area contributed by atoms with Crippen molar-refractivity contribution in [3.8, 4) is 5.75 Å². The third kappa shape index (κ3) is 3.10. The van der Waals surface area contributed by atoms with E-state index in [0.29, 0.717) is 0 Å². The molecule has 0 radical (unpaired) electrons. The quantitative estimate of drug-likeness (QED) is 0.836. The molecule has 0 atom stereocenters. The highest BCUT2D eigenvalue weighted by Gasteiger charge is 2.33. The molecular weight excluding hydrogens is 239 g/mol. The number of benzene rings is 1. The SMILES string of the molecule is COc1ccc(CC(N)=S)c(C(F)(F)F)c1. The fourth-order valence-corrected chi connectivity index (χ4v) is 1.44. The molecule has 88 valence electrons. The highest BCUT2D eigenvalue weighted by molar-refractivity contribution is 7.80. The van der Waals surface area contributed by atoms with Crippen LogP contribution in [0.4, 0.5) is 13.2 Å². The summed E-state index contributed by atoms with van der Waals surface area (Å²) in [5, 5.41) is 0. The first kappa shape index (κ1) is 12.8. The molecule has 6 heteroatoms. The lowest BCUT2D eigenvalue weighted by molar-refractivity contribution is -0.138. The van der Waals surface area contributed by atoms with Crippen molar-refractivity contribution in [3.63, 3.8) is 0 Å². The van der Waals surface area contributed by atoms with Crippen molar-refractivity contribution in [2.75, 3.05) is 7.11 Å². The third-order valence-electron chi connectivity index (χ3n) is 1.99. The maximum absolute atomic E-state index is 12.7. The highest BCUT2D eigenvalue weighted by Crippen LogP contribution is 2.34. The van der Waals surface area contributed by atoms with Crippen LogP contribution in [0.15, 0.2) is 18.2 Å². The number of methoxy groups -OCH3 is 1. The molecule has 1 aromatic carbocycles. The number of hydrogen-bond acceptors (Lipinski definition) is 2. The summed E-state index contributed by atoms with van der Waals surface area (Å²) in [6.45, 7) is 0. The molecule has 1 aromatic rings. The molecule has 0 heterocycles. The standard InChI is InChI=1S/C10H10F3NOS/c1-15-7-3-2-6(4-9(14)16)8(5-7)10(11,12)13/h2-3,5H,4H2,1H3,(H2,14,16). The first-order valence-electron chi connectivity index (χ1n) is 4.37. The minimum Gasteiger partial charge on any atom is -0.497 e. The van der Waals surface area contributed by atoms with Crippen LogP contribution < -0.4 is 10.5 Å². The summed E-state index contributed by atoms with van der Waals surface area (Å²) in [6.07, 6.45) is -4.51. The van der Waals surface area contributed by atoms with E-state index in [0.717, 1.165) is 6.07 Å². The lowest BCUT2D eigenvalue weighted by Gasteiger charge is -2.13. The molecule has 0 aliphatic carbocycles. The van der Waals surface area contributed by atoms with Crippen molar-refractivity contribution in [2.45, 2.75) is 12.6 Å². The Labute approximate surface area is 96.2 Å². The van der Waals surface area contributed by atoms with Gasteiger partial charge in [-0.25, -0.2) is 0 Å². The van der Waals surface area contributed by atoms with Gasteiger partial charge in [-0.2, -0.15) is 13.2 Å². The summed E-state index contributed by atoms with van der Waals surface area (Å²) >= 11 is 4.60. The Kier molecular flexibility index (Phi) is 3.74. The molecule has 0 bridgehead atoms. The lowest BCUT2D eigenvalue weighted by atomic mass is 10.0. The average molecular weight is 249 g/mol. The van der Waals surface area contributed by atoms with Crippen molar-refractivity contribution in [1.29, 1.82) is 0 Å². The van der Waals surface area contributed by atoms with E-state index in [2.05, 4.69) is 12.2 Å². The Morgan fingerprint density at radius 2 is 2.06 bits per heavy atom. The molecule has 0 amide bonds. The fraction of sp³-hybridized carbons (Fsp3) is 0.300. The first-order chi connectivity index (χ1) is 7.34. The zero-order valence-corrected chi connectivity index (χ0v) is 9.28. The summed E-state index contributed by atoms with van der Waals surface area (Å²) < 4.78 is 42.8. The molecule has 0 unspecified atom stereocenters. The van der Waals surface area contributed by atoms with Crippen LogP contribution in [0.1, 0.15) is 11.1 Å². The summed E-state index contributed by atoms with van der Waals surface area (Å²) in [5.41, 5.74) is 4.53. The van der Waals surface area contributed by atoms with Gasteiger partial charge >= 0.3 is 6.18 Å². The van der Waals surface area contributed by atoms with E-state index >= 15 is 0 Å². The molecule has 0 fully saturated rings. The Hall–Kier alpha value is -1.30. The topological polar surface area (TPSA) is 35.2 Å². The van der Waals surface area contributed by atoms with E-state index in [1.54, 1.807) is 0 Å². The predicted molar refractivity (Wildman–Crippen MR) is 58.5 cm³/mol. The van der Waals surface area contributed by atoms with Gasteiger partial charge in [-0.05, 0) is 17.7 Å². The second-order valence-electron chi connectivity index (χ2n) is 3.16. The monoisotopic (exact) mass is 249 g/mol. The van der Waals surface area contributed by atoms with E-state index in [9.17, 15) is 13.2 Å². The molecule has 0 aliphatic heterocycles. The molecule has 0 saturated carbocycles. The van der Waals surface area contributed by atoms with Crippen LogP contribution in [-0.2, 0) is 12.6 Å². The fourth-order valence-electron chi connectivity index (χ4n) is 1.29. The van der Waals surface area contributed by atoms with Crippen molar-refractivity contribution in [3.05, 3.63) is 29.3 Å². The van der Waals surface area contributed by atoms with Gasteiger partial charge in [0.25, 0.3) is 0 Å². The average Bonchev–Trinajstić information content (AvgIpc) is 2.15. The van der Waals surface area contributed by atoms with E-state index in [1.807, 2.05) is 0 Å². The number of halogens is 3. The minimum atomic E-state index is -4.44. The Morgan fingerprint density at radius 1 is 1.44 bits per heavy atom. The molecule has 0 aromatic heterocycles. The number of rotatable bonds is 3. The predicted octanol–water partition coefficient (Wildman–Crippen LogP) is 2.54. The third-order valence-corrected chi connectivity index (χ3v) is 2.13. The Morgan fingerprint density at radius 3 is 2.50 bits per heavy atom. The number of nitrogens with two attached hydrogens (primary N) is 1. The second-order valence-corrected chi connectivity index (χ2v) is 3.69. The Bertz CT molecular complexity index is 404. The van der Waals surface area contributed by atoms with Crippen molar-refractivity contribution in [2.24, 2.45) is 5.73 Å². The summed E-state index contributed by atoms with van der Waals surface area (Å²) in [7, 11) is 1.31. The smallest absolute Gasteiger partial charge is 0.416 e. The van der Waals surface area contributed by atoms with Gasteiger partial charge in [-0.15, -0.1) is 0 Å². The maximum Gasteiger partial charge on any atom is 0.416 e. The van der Waals surface area contributed by atoms with Crippen LogP contribution in [0.3, 0.4) is 0 Å². The maximum atomic E-state index is 12.7. The molecule has 1 rings (SSSR count). The van der Waals surface area contributed by atoms with Gasteiger partial charge < -0.3 is 10.5 Å². The van der Waals surface area contributed by atoms with Gasteiger partial charge in [-0.3, -0.25) is 0 Å². The van der Waals surface area contributed by atoms with Crippen molar-refractivity contribution in [1.82, 2.24) is 0 Å². The zero-order valence-electron chi connectivity index (χ0n) is 8.47. The van der Waals surface area contributed by atoms with Gasteiger partial charge in [0, 0.05) is 6.42 Å². The minimum absolute atomic E-state index is 0.0238. The first-order valence-corrected chi connectivity index (χ1v) is 4.78. The van der Waals surface area contributed by atoms with Crippen LogP contribution in [-0.4, -0.2) is 12.1 Å². The number of hydrogen-bond donors (Lipinski definition) is 1.